The lowest BCUT2D eigenvalue weighted by Crippen LogP contribution is -2.47. The molecular weight excluding hydrogens is 392 g/mol. The fourth-order valence-electron chi connectivity index (χ4n) is 3.69. The Morgan fingerprint density at radius 2 is 1.83 bits per heavy atom. The number of benzene rings is 2. The van der Waals surface area contributed by atoms with Gasteiger partial charge in [0.15, 0.2) is 0 Å². The third-order valence-corrected chi connectivity index (χ3v) is 6.43. The number of carbonyl (C=O) groups excluding carboxylic acids is 1. The quantitative estimate of drug-likeness (QED) is 0.650. The average Bonchev–Trinajstić information content (AvgIpc) is 3.16. The van der Waals surface area contributed by atoms with Gasteiger partial charge >= 0.3 is 0 Å². The van der Waals surface area contributed by atoms with E-state index >= 15 is 0 Å². The van der Waals surface area contributed by atoms with Gasteiger partial charge in [0.25, 0.3) is 0 Å². The lowest BCUT2D eigenvalue weighted by atomic mass is 9.95. The molecule has 1 aliphatic heterocycles. The Morgan fingerprint density at radius 3 is 2.60 bits per heavy atom. The fraction of sp³-hybridized carbons (Fsp3) is 0.417. The van der Waals surface area contributed by atoms with Crippen molar-refractivity contribution < 1.29 is 4.79 Å². The summed E-state index contributed by atoms with van der Waals surface area (Å²) in [4.78, 5) is 17.2. The topological polar surface area (TPSA) is 48.5 Å². The van der Waals surface area contributed by atoms with Gasteiger partial charge in [0.2, 0.25) is 5.91 Å². The van der Waals surface area contributed by atoms with Crippen LogP contribution in [0.1, 0.15) is 26.3 Å². The van der Waals surface area contributed by atoms with Gasteiger partial charge < -0.3 is 10.2 Å². The van der Waals surface area contributed by atoms with Gasteiger partial charge in [-0.05, 0) is 47.8 Å². The molecule has 0 spiro atoms. The second-order valence-corrected chi connectivity index (χ2v) is 9.79. The Balaban J connectivity index is 1.30. The number of hydrogen-bond acceptors (Lipinski definition) is 5. The van der Waals surface area contributed by atoms with Crippen LogP contribution in [-0.2, 0) is 11.2 Å². The molecule has 1 saturated heterocycles. The molecule has 0 aliphatic carbocycles. The monoisotopic (exact) mass is 422 g/mol. The number of anilines is 2. The van der Waals surface area contributed by atoms with E-state index in [2.05, 4.69) is 51.5 Å². The second kappa shape index (κ2) is 8.74. The predicted molar refractivity (Wildman–Crippen MR) is 127 cm³/mol. The molecule has 30 heavy (non-hydrogen) atoms. The third kappa shape index (κ3) is 4.82. The summed E-state index contributed by atoms with van der Waals surface area (Å²) in [5.74, 6) is 1.18. The Bertz CT molecular complexity index is 1020. The van der Waals surface area contributed by atoms with Crippen molar-refractivity contribution in [3.63, 3.8) is 0 Å². The van der Waals surface area contributed by atoms with Crippen molar-refractivity contribution in [3.8, 4) is 0 Å². The maximum atomic E-state index is 12.2. The van der Waals surface area contributed by atoms with Gasteiger partial charge in [-0.25, -0.2) is 0 Å². The summed E-state index contributed by atoms with van der Waals surface area (Å²) < 4.78 is 5.96. The summed E-state index contributed by atoms with van der Waals surface area (Å²) in [6, 6.07) is 16.7. The van der Waals surface area contributed by atoms with E-state index in [9.17, 15) is 4.79 Å². The van der Waals surface area contributed by atoms with Crippen LogP contribution in [0.25, 0.3) is 10.1 Å². The van der Waals surface area contributed by atoms with Gasteiger partial charge in [0.05, 0.1) is 4.70 Å². The zero-order valence-corrected chi connectivity index (χ0v) is 18.8. The molecule has 0 saturated carbocycles. The fourth-order valence-corrected chi connectivity index (χ4v) is 4.49. The summed E-state index contributed by atoms with van der Waals surface area (Å²) in [6.07, 6.45) is 0.985. The minimum absolute atomic E-state index is 0.0466. The van der Waals surface area contributed by atoms with E-state index in [1.165, 1.54) is 15.6 Å². The highest BCUT2D eigenvalue weighted by Crippen LogP contribution is 2.29. The number of nitrogens with zero attached hydrogens (tertiary/aromatic N) is 3. The van der Waals surface area contributed by atoms with Crippen LogP contribution >= 0.6 is 11.5 Å². The number of aromatic nitrogens is 1. The smallest absolute Gasteiger partial charge is 0.229 e. The maximum absolute atomic E-state index is 12.2. The molecule has 0 unspecified atom stereocenters. The predicted octanol–water partition coefficient (Wildman–Crippen LogP) is 4.65. The Kier molecular flexibility index (Phi) is 6.06. The molecule has 2 heterocycles. The van der Waals surface area contributed by atoms with Gasteiger partial charge in [0.1, 0.15) is 5.82 Å². The Hall–Kier alpha value is -2.44. The lowest BCUT2D eigenvalue weighted by Gasteiger charge is -2.35. The van der Waals surface area contributed by atoms with Crippen LogP contribution in [0.2, 0.25) is 0 Å². The van der Waals surface area contributed by atoms with Gasteiger partial charge in [-0.3, -0.25) is 9.69 Å². The van der Waals surface area contributed by atoms with Gasteiger partial charge in [0, 0.05) is 49.2 Å². The first-order valence-electron chi connectivity index (χ1n) is 10.6. The standard InChI is InChI=1S/C24H30N4OS/c1-24(2,3)23(29)25-19-8-6-7-18(17-19)11-12-27-13-15-28(16-14-27)22-20-9-4-5-10-21(20)30-26-22/h4-10,17H,11-16H2,1-3H3,(H,25,29). The van der Waals surface area contributed by atoms with Gasteiger partial charge in [-0.1, -0.05) is 45.0 Å². The molecule has 1 amide bonds. The first-order valence-corrected chi connectivity index (χ1v) is 11.4. The average molecular weight is 423 g/mol. The Morgan fingerprint density at radius 1 is 1.07 bits per heavy atom. The molecule has 6 heteroatoms. The molecule has 1 fully saturated rings. The summed E-state index contributed by atoms with van der Waals surface area (Å²) >= 11 is 1.59. The highest BCUT2D eigenvalue weighted by Gasteiger charge is 2.22. The maximum Gasteiger partial charge on any atom is 0.229 e. The van der Waals surface area contributed by atoms with Crippen molar-refractivity contribution in [1.29, 1.82) is 0 Å². The molecule has 0 atom stereocenters. The van der Waals surface area contributed by atoms with Crippen LogP contribution in [-0.4, -0.2) is 47.9 Å². The zero-order valence-electron chi connectivity index (χ0n) is 18.0. The second-order valence-electron chi connectivity index (χ2n) is 8.99. The van der Waals surface area contributed by atoms with Gasteiger partial charge in [-0.15, -0.1) is 0 Å². The van der Waals surface area contributed by atoms with Crippen LogP contribution in [0.3, 0.4) is 0 Å². The number of amides is 1. The van der Waals surface area contributed by atoms with E-state index in [4.69, 9.17) is 4.37 Å². The van der Waals surface area contributed by atoms with Crippen LogP contribution in [0.5, 0.6) is 0 Å². The normalized spacial score (nSPS) is 15.5. The third-order valence-electron chi connectivity index (χ3n) is 5.61. The summed E-state index contributed by atoms with van der Waals surface area (Å²) in [5.41, 5.74) is 1.75. The molecule has 4 rings (SSSR count). The molecule has 0 bridgehead atoms. The SMILES string of the molecule is CC(C)(C)C(=O)Nc1cccc(CCN2CCN(c3nsc4ccccc34)CC2)c1. The van der Waals surface area contributed by atoms with Crippen LogP contribution < -0.4 is 10.2 Å². The molecule has 1 aliphatic rings. The zero-order chi connectivity index (χ0) is 21.1. The number of hydrogen-bond donors (Lipinski definition) is 1. The summed E-state index contributed by atoms with van der Waals surface area (Å²) in [7, 11) is 0. The number of rotatable bonds is 5. The van der Waals surface area contributed by atoms with Crippen LogP contribution in [0.4, 0.5) is 11.5 Å². The van der Waals surface area contributed by atoms with Crippen molar-refractivity contribution in [3.05, 3.63) is 54.1 Å². The highest BCUT2D eigenvalue weighted by molar-refractivity contribution is 7.13. The van der Waals surface area contributed by atoms with E-state index in [0.717, 1.165) is 50.6 Å². The minimum atomic E-state index is -0.391. The molecule has 1 aromatic heterocycles. The van der Waals surface area contributed by atoms with E-state index in [1.54, 1.807) is 11.5 Å². The first kappa shape index (κ1) is 20.8. The molecule has 1 N–H and O–H groups in total. The van der Waals surface area contributed by atoms with E-state index < -0.39 is 5.41 Å². The van der Waals surface area contributed by atoms with E-state index in [-0.39, 0.29) is 5.91 Å². The highest BCUT2D eigenvalue weighted by atomic mass is 32.1. The van der Waals surface area contributed by atoms with Crippen LogP contribution in [0.15, 0.2) is 48.5 Å². The lowest BCUT2D eigenvalue weighted by molar-refractivity contribution is -0.123. The largest absolute Gasteiger partial charge is 0.353 e. The number of piperazine rings is 1. The number of carbonyl (C=O) groups is 1. The number of nitrogens with one attached hydrogen (secondary N) is 1. The first-order chi connectivity index (χ1) is 14.4. The summed E-state index contributed by atoms with van der Waals surface area (Å²) in [6.45, 7) is 10.9. The molecule has 158 valence electrons. The molecule has 5 nitrogen and oxygen atoms in total. The van der Waals surface area contributed by atoms with Gasteiger partial charge in [-0.2, -0.15) is 4.37 Å². The van der Waals surface area contributed by atoms with E-state index in [0.29, 0.717) is 0 Å². The Labute approximate surface area is 182 Å². The van der Waals surface area contributed by atoms with Crippen molar-refractivity contribution in [2.24, 2.45) is 5.41 Å². The summed E-state index contributed by atoms with van der Waals surface area (Å²) in [5, 5.41) is 4.30. The molecular formula is C24H30N4OS. The van der Waals surface area contributed by atoms with Crippen LogP contribution in [0, 0.1) is 5.41 Å². The molecule has 2 aromatic carbocycles. The van der Waals surface area contributed by atoms with Crippen molar-refractivity contribution in [2.75, 3.05) is 42.9 Å². The molecule has 0 radical (unpaired) electrons. The van der Waals surface area contributed by atoms with Crippen molar-refractivity contribution in [2.45, 2.75) is 27.2 Å². The molecule has 3 aromatic rings. The van der Waals surface area contributed by atoms with E-state index in [1.807, 2.05) is 32.9 Å². The minimum Gasteiger partial charge on any atom is -0.353 e. The van der Waals surface area contributed by atoms with Crippen molar-refractivity contribution >= 4 is 39.0 Å². The number of fused-ring (bicyclic) bond motifs is 1. The van der Waals surface area contributed by atoms with Crippen molar-refractivity contribution in [1.82, 2.24) is 9.27 Å².